The molecule has 190 valence electrons. The number of carbonyl (C=O) groups is 1. The minimum absolute atomic E-state index is 0.00326. The van der Waals surface area contributed by atoms with Crippen LogP contribution in [0.4, 0.5) is 21.6 Å². The minimum atomic E-state index is -0.508. The van der Waals surface area contributed by atoms with Gasteiger partial charge in [0, 0.05) is 36.9 Å². The Morgan fingerprint density at radius 3 is 2.78 bits per heavy atom. The van der Waals surface area contributed by atoms with E-state index in [9.17, 15) is 9.18 Å². The van der Waals surface area contributed by atoms with E-state index in [0.29, 0.717) is 47.1 Å². The molecule has 0 aliphatic carbocycles. The number of amides is 1. The number of anilines is 3. The van der Waals surface area contributed by atoms with Gasteiger partial charge in [-0.2, -0.15) is 0 Å². The summed E-state index contributed by atoms with van der Waals surface area (Å²) in [6.45, 7) is 3.56. The molecule has 0 unspecified atom stereocenters. The molecule has 1 amide bonds. The van der Waals surface area contributed by atoms with Crippen molar-refractivity contribution < 1.29 is 18.7 Å². The van der Waals surface area contributed by atoms with Gasteiger partial charge in [0.05, 0.1) is 22.8 Å². The maximum absolute atomic E-state index is 13.6. The number of benzene rings is 2. The fourth-order valence-corrected chi connectivity index (χ4v) is 4.15. The highest BCUT2D eigenvalue weighted by atomic mass is 35.5. The van der Waals surface area contributed by atoms with Crippen LogP contribution in [0.1, 0.15) is 19.3 Å². The molecule has 2 heterocycles. The third-order valence-electron chi connectivity index (χ3n) is 5.80. The van der Waals surface area contributed by atoms with Gasteiger partial charge in [0.1, 0.15) is 30.3 Å². The maximum Gasteiger partial charge on any atom is 0.248 e. The third-order valence-corrected chi connectivity index (χ3v) is 6.09. The average Bonchev–Trinajstić information content (AvgIpc) is 2.87. The normalized spacial score (nSPS) is 14.3. The van der Waals surface area contributed by atoms with Crippen LogP contribution < -0.4 is 15.4 Å². The van der Waals surface area contributed by atoms with Gasteiger partial charge in [-0.25, -0.2) is 14.4 Å². The lowest BCUT2D eigenvalue weighted by molar-refractivity contribution is -0.111. The molecule has 0 saturated carbocycles. The van der Waals surface area contributed by atoms with Gasteiger partial charge < -0.3 is 20.1 Å². The van der Waals surface area contributed by atoms with Crippen LogP contribution in [-0.2, 0) is 9.53 Å². The predicted octanol–water partition coefficient (Wildman–Crippen LogP) is 5.17. The van der Waals surface area contributed by atoms with Crippen molar-refractivity contribution >= 4 is 45.6 Å². The van der Waals surface area contributed by atoms with Gasteiger partial charge in [0.25, 0.3) is 0 Å². The summed E-state index contributed by atoms with van der Waals surface area (Å²) in [6.07, 6.45) is 8.49. The number of hydrogen-bond donors (Lipinski definition) is 2. The number of nitrogens with one attached hydrogen (secondary N) is 2. The van der Waals surface area contributed by atoms with Gasteiger partial charge in [-0.15, -0.1) is 0 Å². The van der Waals surface area contributed by atoms with E-state index in [1.165, 1.54) is 37.7 Å². The molecule has 3 aromatic rings. The molecule has 0 bridgehead atoms. The van der Waals surface area contributed by atoms with Gasteiger partial charge in [-0.3, -0.25) is 9.69 Å². The number of nitrogens with zero attached hydrogens (tertiary/aromatic N) is 3. The number of likely N-dealkylation sites (tertiary alicyclic amines) is 1. The molecule has 0 atom stereocenters. The number of hydrogen-bond acceptors (Lipinski definition) is 7. The summed E-state index contributed by atoms with van der Waals surface area (Å²) in [5, 5.41) is 6.69. The van der Waals surface area contributed by atoms with Gasteiger partial charge in [-0.05, 0) is 50.2 Å². The second-order valence-electron chi connectivity index (χ2n) is 8.44. The molecule has 1 aliphatic heterocycles. The number of ether oxygens (including phenoxy) is 2. The molecule has 1 aromatic heterocycles. The van der Waals surface area contributed by atoms with Crippen LogP contribution in [0.3, 0.4) is 0 Å². The Morgan fingerprint density at radius 1 is 1.17 bits per heavy atom. The fraction of sp³-hybridized carbons (Fsp3) is 0.346. The van der Waals surface area contributed by atoms with Crippen LogP contribution in [0, 0.1) is 5.82 Å². The third kappa shape index (κ3) is 6.90. The Hall–Kier alpha value is -3.27. The molecule has 1 saturated heterocycles. The van der Waals surface area contributed by atoms with Crippen molar-refractivity contribution in [3.05, 3.63) is 59.7 Å². The van der Waals surface area contributed by atoms with E-state index in [1.54, 1.807) is 31.4 Å². The van der Waals surface area contributed by atoms with E-state index in [2.05, 4.69) is 25.5 Å². The molecular weight excluding hydrogens is 485 g/mol. The first-order chi connectivity index (χ1) is 17.5. The second-order valence-corrected chi connectivity index (χ2v) is 8.84. The Balaban J connectivity index is 1.58. The highest BCUT2D eigenvalue weighted by Crippen LogP contribution is 2.34. The highest BCUT2D eigenvalue weighted by molar-refractivity contribution is 6.31. The molecular formula is C26H29ClFN5O3. The molecule has 2 N–H and O–H groups in total. The van der Waals surface area contributed by atoms with Crippen molar-refractivity contribution in [1.29, 1.82) is 0 Å². The van der Waals surface area contributed by atoms with Crippen molar-refractivity contribution in [3.63, 3.8) is 0 Å². The van der Waals surface area contributed by atoms with E-state index in [1.807, 2.05) is 6.08 Å². The number of aromatic nitrogens is 2. The largest absolute Gasteiger partial charge is 0.489 e. The number of carbonyl (C=O) groups excluding carboxylic acids is 1. The first-order valence-electron chi connectivity index (χ1n) is 11.9. The lowest BCUT2D eigenvalue weighted by Gasteiger charge is -2.24. The van der Waals surface area contributed by atoms with Crippen molar-refractivity contribution in [2.45, 2.75) is 19.3 Å². The average molecular weight is 514 g/mol. The lowest BCUT2D eigenvalue weighted by atomic mass is 10.1. The zero-order chi connectivity index (χ0) is 25.3. The van der Waals surface area contributed by atoms with Crippen LogP contribution >= 0.6 is 11.6 Å². The van der Waals surface area contributed by atoms with Crippen molar-refractivity contribution in [3.8, 4) is 5.75 Å². The van der Waals surface area contributed by atoms with E-state index < -0.39 is 5.82 Å². The van der Waals surface area contributed by atoms with Gasteiger partial charge in [0.2, 0.25) is 5.91 Å². The molecule has 10 heteroatoms. The zero-order valence-electron chi connectivity index (χ0n) is 20.1. The molecule has 2 aromatic carbocycles. The van der Waals surface area contributed by atoms with E-state index in [-0.39, 0.29) is 10.9 Å². The van der Waals surface area contributed by atoms with Crippen LogP contribution in [-0.4, -0.2) is 60.7 Å². The van der Waals surface area contributed by atoms with Crippen LogP contribution in [0.5, 0.6) is 5.75 Å². The van der Waals surface area contributed by atoms with E-state index in [4.69, 9.17) is 21.1 Å². The molecule has 1 fully saturated rings. The van der Waals surface area contributed by atoms with Gasteiger partial charge >= 0.3 is 0 Å². The minimum Gasteiger partial charge on any atom is -0.489 e. The first-order valence-corrected chi connectivity index (χ1v) is 12.2. The fourth-order valence-electron chi connectivity index (χ4n) is 3.97. The molecule has 0 spiro atoms. The quantitative estimate of drug-likeness (QED) is 0.285. The highest BCUT2D eigenvalue weighted by Gasteiger charge is 2.14. The monoisotopic (exact) mass is 513 g/mol. The summed E-state index contributed by atoms with van der Waals surface area (Å²) < 4.78 is 24.5. The summed E-state index contributed by atoms with van der Waals surface area (Å²) >= 11 is 5.92. The Kier molecular flexibility index (Phi) is 9.05. The number of rotatable bonds is 10. The first kappa shape index (κ1) is 25.8. The van der Waals surface area contributed by atoms with Crippen molar-refractivity contribution in [2.75, 3.05) is 50.6 Å². The standard InChI is InChI=1S/C26H29ClFN5O3/c1-35-12-13-36-24-16-22-19(26(30-17-29-22)31-18-7-8-21(28)20(27)14-18)15-23(24)32-25(34)6-5-11-33-9-3-2-4-10-33/h5-8,14-17H,2-4,9-13H2,1H3,(H,32,34)(H,29,30,31). The summed E-state index contributed by atoms with van der Waals surface area (Å²) in [5.41, 5.74) is 1.64. The number of fused-ring (bicyclic) bond motifs is 1. The maximum atomic E-state index is 13.6. The lowest BCUT2D eigenvalue weighted by Crippen LogP contribution is -2.29. The second kappa shape index (κ2) is 12.6. The van der Waals surface area contributed by atoms with E-state index in [0.717, 1.165) is 19.6 Å². The number of methoxy groups -OCH3 is 1. The topological polar surface area (TPSA) is 88.6 Å². The van der Waals surface area contributed by atoms with Crippen molar-refractivity contribution in [2.24, 2.45) is 0 Å². The molecule has 4 rings (SSSR count). The van der Waals surface area contributed by atoms with Crippen LogP contribution in [0.2, 0.25) is 5.02 Å². The van der Waals surface area contributed by atoms with E-state index >= 15 is 0 Å². The number of piperidine rings is 1. The van der Waals surface area contributed by atoms with Gasteiger partial charge in [0.15, 0.2) is 0 Å². The van der Waals surface area contributed by atoms with Crippen LogP contribution in [0.15, 0.2) is 48.8 Å². The molecule has 0 radical (unpaired) electrons. The Labute approximate surface area is 214 Å². The summed E-state index contributed by atoms with van der Waals surface area (Å²) in [7, 11) is 1.59. The van der Waals surface area contributed by atoms with Crippen molar-refractivity contribution in [1.82, 2.24) is 14.9 Å². The molecule has 1 aliphatic rings. The summed E-state index contributed by atoms with van der Waals surface area (Å²) in [6, 6.07) is 7.80. The predicted molar refractivity (Wildman–Crippen MR) is 140 cm³/mol. The molecule has 36 heavy (non-hydrogen) atoms. The number of halogens is 2. The van der Waals surface area contributed by atoms with Crippen LogP contribution in [0.25, 0.3) is 10.9 Å². The summed E-state index contributed by atoms with van der Waals surface area (Å²) in [4.78, 5) is 23.7. The molecule has 8 nitrogen and oxygen atoms in total. The van der Waals surface area contributed by atoms with Gasteiger partial charge in [-0.1, -0.05) is 24.1 Å². The SMILES string of the molecule is COCCOc1cc2ncnc(Nc3ccc(F)c(Cl)c3)c2cc1NC(=O)C=CCN1CCCCC1. The Morgan fingerprint density at radius 2 is 2.00 bits per heavy atom. The zero-order valence-corrected chi connectivity index (χ0v) is 20.9. The smallest absolute Gasteiger partial charge is 0.248 e. The summed E-state index contributed by atoms with van der Waals surface area (Å²) in [5.74, 6) is 0.166. The Bertz CT molecular complexity index is 1230.